The Morgan fingerprint density at radius 1 is 1.22 bits per heavy atom. The minimum Gasteiger partial charge on any atom is -0.486 e. The van der Waals surface area contributed by atoms with Crippen molar-refractivity contribution in [1.29, 1.82) is 0 Å². The third-order valence-electron chi connectivity index (χ3n) is 5.32. The van der Waals surface area contributed by atoms with Crippen LogP contribution < -0.4 is 9.47 Å². The summed E-state index contributed by atoms with van der Waals surface area (Å²) in [6.45, 7) is 1.70. The zero-order chi connectivity index (χ0) is 18.6. The average Bonchev–Trinajstić information content (AvgIpc) is 3.16. The lowest BCUT2D eigenvalue weighted by Gasteiger charge is -2.29. The number of fused-ring (bicyclic) bond motifs is 1. The van der Waals surface area contributed by atoms with Gasteiger partial charge in [0.1, 0.15) is 6.61 Å². The molecule has 1 saturated carbocycles. The lowest BCUT2D eigenvalue weighted by molar-refractivity contribution is 0.0517. The van der Waals surface area contributed by atoms with Crippen molar-refractivity contribution in [2.24, 2.45) is 5.92 Å². The van der Waals surface area contributed by atoms with Crippen LogP contribution in [0.4, 0.5) is 0 Å². The first kappa shape index (κ1) is 17.8. The van der Waals surface area contributed by atoms with Crippen LogP contribution in [-0.2, 0) is 6.54 Å². The monoisotopic (exact) mass is 370 g/mol. The van der Waals surface area contributed by atoms with Crippen molar-refractivity contribution >= 4 is 5.91 Å². The second-order valence-corrected chi connectivity index (χ2v) is 7.51. The molecule has 7 nitrogen and oxygen atoms in total. The van der Waals surface area contributed by atoms with E-state index in [9.17, 15) is 4.79 Å². The van der Waals surface area contributed by atoms with Crippen molar-refractivity contribution < 1.29 is 14.3 Å². The lowest BCUT2D eigenvalue weighted by Crippen LogP contribution is -2.41. The van der Waals surface area contributed by atoms with Crippen molar-refractivity contribution in [3.63, 3.8) is 0 Å². The maximum atomic E-state index is 12.7. The van der Waals surface area contributed by atoms with E-state index < -0.39 is 0 Å². The predicted molar refractivity (Wildman–Crippen MR) is 99.9 cm³/mol. The van der Waals surface area contributed by atoms with Crippen LogP contribution in [0.5, 0.6) is 11.5 Å². The fourth-order valence-electron chi connectivity index (χ4n) is 3.86. The summed E-state index contributed by atoms with van der Waals surface area (Å²) in [6, 6.07) is 7.57. The second-order valence-electron chi connectivity index (χ2n) is 7.51. The average molecular weight is 370 g/mol. The van der Waals surface area contributed by atoms with Gasteiger partial charge in [0.15, 0.2) is 23.3 Å². The molecular weight excluding hydrogens is 344 g/mol. The number of para-hydroxylation sites is 2. The predicted octanol–water partition coefficient (Wildman–Crippen LogP) is 2.77. The molecule has 1 amide bonds. The smallest absolute Gasteiger partial charge is 0.275 e. The summed E-state index contributed by atoms with van der Waals surface area (Å²) in [5.74, 6) is 1.96. The molecule has 2 aromatic rings. The quantitative estimate of drug-likeness (QED) is 0.809. The van der Waals surface area contributed by atoms with Gasteiger partial charge in [0.05, 0.1) is 12.7 Å². The van der Waals surface area contributed by atoms with Crippen LogP contribution in [0, 0.1) is 5.92 Å². The number of benzene rings is 1. The maximum Gasteiger partial charge on any atom is 0.275 e. The van der Waals surface area contributed by atoms with E-state index in [1.165, 1.54) is 32.1 Å². The summed E-state index contributed by atoms with van der Waals surface area (Å²) in [7, 11) is 1.76. The van der Waals surface area contributed by atoms with Crippen LogP contribution in [0.25, 0.3) is 0 Å². The highest BCUT2D eigenvalue weighted by molar-refractivity contribution is 5.91. The Balaban J connectivity index is 1.33. The van der Waals surface area contributed by atoms with Crippen LogP contribution in [0.15, 0.2) is 30.5 Å². The molecule has 0 spiro atoms. The van der Waals surface area contributed by atoms with Crippen LogP contribution in [-0.4, -0.2) is 52.1 Å². The Morgan fingerprint density at radius 3 is 2.81 bits per heavy atom. The van der Waals surface area contributed by atoms with E-state index in [1.807, 2.05) is 28.9 Å². The molecule has 0 unspecified atom stereocenters. The van der Waals surface area contributed by atoms with E-state index in [4.69, 9.17) is 9.47 Å². The zero-order valence-electron chi connectivity index (χ0n) is 15.7. The Bertz CT molecular complexity index is 785. The number of nitrogens with zero attached hydrogens (tertiary/aromatic N) is 4. The van der Waals surface area contributed by atoms with Crippen molar-refractivity contribution in [1.82, 2.24) is 19.9 Å². The van der Waals surface area contributed by atoms with E-state index in [0.717, 1.165) is 12.3 Å². The Hall–Kier alpha value is -2.57. The van der Waals surface area contributed by atoms with E-state index in [0.29, 0.717) is 30.5 Å². The van der Waals surface area contributed by atoms with Crippen molar-refractivity contribution in [2.45, 2.75) is 44.8 Å². The van der Waals surface area contributed by atoms with Gasteiger partial charge in [-0.15, -0.1) is 5.10 Å². The summed E-state index contributed by atoms with van der Waals surface area (Å²) in [4.78, 5) is 14.3. The minimum atomic E-state index is -0.203. The van der Waals surface area contributed by atoms with Gasteiger partial charge < -0.3 is 14.4 Å². The number of hydrogen-bond acceptors (Lipinski definition) is 5. The van der Waals surface area contributed by atoms with Gasteiger partial charge in [0, 0.05) is 13.6 Å². The van der Waals surface area contributed by atoms with E-state index in [-0.39, 0.29) is 12.0 Å². The van der Waals surface area contributed by atoms with Crippen molar-refractivity contribution in [2.75, 3.05) is 20.2 Å². The largest absolute Gasteiger partial charge is 0.486 e. The van der Waals surface area contributed by atoms with E-state index in [2.05, 4.69) is 10.3 Å². The van der Waals surface area contributed by atoms with Crippen LogP contribution in [0.2, 0.25) is 0 Å². The first-order chi connectivity index (χ1) is 13.2. The molecule has 27 heavy (non-hydrogen) atoms. The number of carbonyl (C=O) groups excluding carboxylic acids is 1. The SMILES string of the molecule is CN(C[C@@H]1COc2ccccc2O1)C(=O)c1cn(CC2CCCCC2)nn1. The number of aromatic nitrogens is 3. The number of hydrogen-bond donors (Lipinski definition) is 0. The fourth-order valence-corrected chi connectivity index (χ4v) is 3.86. The highest BCUT2D eigenvalue weighted by Crippen LogP contribution is 2.31. The number of ether oxygens (including phenoxy) is 2. The number of carbonyl (C=O) groups is 1. The highest BCUT2D eigenvalue weighted by Gasteiger charge is 2.25. The summed E-state index contributed by atoms with van der Waals surface area (Å²) >= 11 is 0. The minimum absolute atomic E-state index is 0.146. The molecule has 144 valence electrons. The first-order valence-electron chi connectivity index (χ1n) is 9.73. The Labute approximate surface area is 159 Å². The maximum absolute atomic E-state index is 12.7. The molecule has 1 atom stereocenters. The van der Waals surface area contributed by atoms with Gasteiger partial charge in [-0.1, -0.05) is 36.6 Å². The van der Waals surface area contributed by atoms with E-state index >= 15 is 0 Å². The molecule has 1 aliphatic carbocycles. The summed E-state index contributed by atoms with van der Waals surface area (Å²) < 4.78 is 13.5. The molecule has 1 aromatic carbocycles. The van der Waals surface area contributed by atoms with Gasteiger partial charge in [-0.05, 0) is 30.9 Å². The standard InChI is InChI=1S/C20H26N4O3/c1-23(12-16-14-26-18-9-5-6-10-19(18)27-16)20(25)17-13-24(22-21-17)11-15-7-3-2-4-8-15/h5-6,9-10,13,15-16H,2-4,7-8,11-12,14H2,1H3/t16-/m1/s1. The molecule has 0 N–H and O–H groups in total. The van der Waals surface area contributed by atoms with Crippen molar-refractivity contribution in [3.8, 4) is 11.5 Å². The molecule has 0 radical (unpaired) electrons. The normalized spacial score (nSPS) is 19.7. The lowest BCUT2D eigenvalue weighted by atomic mass is 9.89. The molecule has 2 heterocycles. The molecule has 1 fully saturated rings. The van der Waals surface area contributed by atoms with E-state index in [1.54, 1.807) is 18.1 Å². The van der Waals surface area contributed by atoms with Crippen LogP contribution >= 0.6 is 0 Å². The summed E-state index contributed by atoms with van der Waals surface area (Å²) in [5, 5.41) is 8.23. The van der Waals surface area contributed by atoms with Gasteiger partial charge in [0.2, 0.25) is 0 Å². The summed E-state index contributed by atoms with van der Waals surface area (Å²) in [6.07, 6.45) is 7.96. The van der Waals surface area contributed by atoms with Gasteiger partial charge in [-0.25, -0.2) is 0 Å². The summed E-state index contributed by atoms with van der Waals surface area (Å²) in [5.41, 5.74) is 0.380. The molecule has 1 aliphatic heterocycles. The highest BCUT2D eigenvalue weighted by atomic mass is 16.6. The van der Waals surface area contributed by atoms with Gasteiger partial charge in [-0.2, -0.15) is 0 Å². The zero-order valence-corrected chi connectivity index (χ0v) is 15.7. The molecule has 2 aliphatic rings. The number of likely N-dealkylation sites (N-methyl/N-ethyl adjacent to an activating group) is 1. The molecular formula is C20H26N4O3. The van der Waals surface area contributed by atoms with Crippen molar-refractivity contribution in [3.05, 3.63) is 36.2 Å². The van der Waals surface area contributed by atoms with Crippen LogP contribution in [0.1, 0.15) is 42.6 Å². The molecule has 7 heteroatoms. The number of rotatable bonds is 5. The third-order valence-corrected chi connectivity index (χ3v) is 5.32. The number of amides is 1. The first-order valence-corrected chi connectivity index (χ1v) is 9.73. The topological polar surface area (TPSA) is 69.5 Å². The Morgan fingerprint density at radius 2 is 2.00 bits per heavy atom. The fraction of sp³-hybridized carbons (Fsp3) is 0.550. The Kier molecular flexibility index (Phi) is 5.27. The molecule has 0 bridgehead atoms. The van der Waals surface area contributed by atoms with Gasteiger partial charge in [0.25, 0.3) is 5.91 Å². The molecule has 1 aromatic heterocycles. The van der Waals surface area contributed by atoms with Gasteiger partial charge >= 0.3 is 0 Å². The third kappa shape index (κ3) is 4.23. The molecule has 4 rings (SSSR count). The van der Waals surface area contributed by atoms with Gasteiger partial charge in [-0.3, -0.25) is 9.48 Å². The second kappa shape index (κ2) is 7.98. The molecule has 0 saturated heterocycles. The van der Waals surface area contributed by atoms with Crippen LogP contribution in [0.3, 0.4) is 0 Å².